The monoisotopic (exact) mass is 621 g/mol. The molecule has 236 valence electrons. The van der Waals surface area contributed by atoms with Crippen LogP contribution in [-0.2, 0) is 18.3 Å². The SMILES string of the molecule is N#CC[C@]1(n2cc(-c3ncnc4[nH]ccc34)cn2)C[C@@H](N2CCC(Nc3cc(CN[C@H]4C[C@H](O)C4)nc(C(F)(F)F)n3)CC2)C1. The zero-order chi connectivity index (χ0) is 31.2. The molecule has 7 rings (SSSR count). The number of aromatic amines is 1. The summed E-state index contributed by atoms with van der Waals surface area (Å²) in [4.78, 5) is 21.8. The number of halogens is 3. The molecule has 4 aromatic heterocycles. The van der Waals surface area contributed by atoms with Crippen LogP contribution < -0.4 is 10.6 Å². The van der Waals surface area contributed by atoms with E-state index in [1.165, 1.54) is 6.33 Å². The Morgan fingerprint density at radius 2 is 1.93 bits per heavy atom. The van der Waals surface area contributed by atoms with Crippen LogP contribution in [0.3, 0.4) is 0 Å². The van der Waals surface area contributed by atoms with E-state index in [1.54, 1.807) is 12.3 Å². The number of rotatable bonds is 9. The van der Waals surface area contributed by atoms with Gasteiger partial charge in [0, 0.05) is 67.2 Å². The molecule has 1 aliphatic heterocycles. The average Bonchev–Trinajstić information content (AvgIpc) is 3.67. The summed E-state index contributed by atoms with van der Waals surface area (Å²) in [5, 5.41) is 31.1. The van der Waals surface area contributed by atoms with Gasteiger partial charge < -0.3 is 25.6 Å². The largest absolute Gasteiger partial charge is 0.451 e. The number of likely N-dealkylation sites (tertiary alicyclic amines) is 1. The lowest BCUT2D eigenvalue weighted by Gasteiger charge is -2.52. The summed E-state index contributed by atoms with van der Waals surface area (Å²) in [7, 11) is 0. The maximum Gasteiger partial charge on any atom is 0.451 e. The number of anilines is 1. The van der Waals surface area contributed by atoms with E-state index in [2.05, 4.69) is 51.6 Å². The Bertz CT molecular complexity index is 1690. The Balaban J connectivity index is 0.969. The highest BCUT2D eigenvalue weighted by molar-refractivity contribution is 5.90. The first kappa shape index (κ1) is 29.6. The van der Waals surface area contributed by atoms with Gasteiger partial charge in [0.05, 0.1) is 41.7 Å². The molecule has 0 aromatic carbocycles. The molecule has 0 bridgehead atoms. The summed E-state index contributed by atoms with van der Waals surface area (Å²) in [6, 6.07) is 6.22. The van der Waals surface area contributed by atoms with Crippen molar-refractivity contribution in [1.82, 2.24) is 44.9 Å². The van der Waals surface area contributed by atoms with Crippen molar-refractivity contribution in [2.75, 3.05) is 18.4 Å². The topological polar surface area (TPSA) is 156 Å². The van der Waals surface area contributed by atoms with Gasteiger partial charge in [0.15, 0.2) is 0 Å². The van der Waals surface area contributed by atoms with Crippen molar-refractivity contribution in [1.29, 1.82) is 5.26 Å². The second kappa shape index (κ2) is 11.7. The van der Waals surface area contributed by atoms with Crippen molar-refractivity contribution >= 4 is 16.9 Å². The number of alkyl halides is 3. The normalized spacial score (nSPS) is 25.9. The molecule has 2 saturated carbocycles. The molecule has 2 aliphatic carbocycles. The Morgan fingerprint density at radius 3 is 2.67 bits per heavy atom. The van der Waals surface area contributed by atoms with Crippen LogP contribution in [0, 0.1) is 11.3 Å². The number of aliphatic hydroxyl groups excluding tert-OH is 1. The van der Waals surface area contributed by atoms with E-state index in [0.717, 1.165) is 61.1 Å². The van der Waals surface area contributed by atoms with Crippen LogP contribution in [0.5, 0.6) is 0 Å². The number of nitrogens with zero attached hydrogens (tertiary/aromatic N) is 8. The third kappa shape index (κ3) is 5.97. The number of hydrogen-bond donors (Lipinski definition) is 4. The molecule has 4 aromatic rings. The van der Waals surface area contributed by atoms with Gasteiger partial charge in [-0.3, -0.25) is 4.68 Å². The quantitative estimate of drug-likeness (QED) is 0.218. The first-order valence-corrected chi connectivity index (χ1v) is 15.3. The van der Waals surface area contributed by atoms with Crippen molar-refractivity contribution in [3.05, 3.63) is 48.6 Å². The number of nitrogens with one attached hydrogen (secondary N) is 3. The van der Waals surface area contributed by atoms with Gasteiger partial charge in [0.25, 0.3) is 0 Å². The molecule has 0 amide bonds. The van der Waals surface area contributed by atoms with Gasteiger partial charge >= 0.3 is 6.18 Å². The number of piperidine rings is 1. The Hall–Kier alpha value is -4.13. The van der Waals surface area contributed by atoms with Crippen molar-refractivity contribution < 1.29 is 18.3 Å². The second-order valence-electron chi connectivity index (χ2n) is 12.5. The van der Waals surface area contributed by atoms with Crippen molar-refractivity contribution in [3.8, 4) is 17.3 Å². The predicted molar refractivity (Wildman–Crippen MR) is 157 cm³/mol. The van der Waals surface area contributed by atoms with Gasteiger partial charge in [-0.05, 0) is 44.6 Å². The van der Waals surface area contributed by atoms with E-state index in [4.69, 9.17) is 0 Å². The number of aliphatic hydroxyl groups is 1. The van der Waals surface area contributed by atoms with E-state index in [0.29, 0.717) is 25.3 Å². The highest BCUT2D eigenvalue weighted by Gasteiger charge is 2.49. The fourth-order valence-electron chi connectivity index (χ4n) is 6.85. The first-order valence-electron chi connectivity index (χ1n) is 15.3. The van der Waals surface area contributed by atoms with Crippen LogP contribution in [0.25, 0.3) is 22.3 Å². The highest BCUT2D eigenvalue weighted by Crippen LogP contribution is 2.45. The van der Waals surface area contributed by atoms with E-state index >= 15 is 0 Å². The molecule has 3 fully saturated rings. The summed E-state index contributed by atoms with van der Waals surface area (Å²) in [6.07, 6.45) is 6.71. The zero-order valence-electron chi connectivity index (χ0n) is 24.5. The van der Waals surface area contributed by atoms with E-state index in [9.17, 15) is 23.5 Å². The number of hydrogen-bond acceptors (Lipinski definition) is 10. The number of H-pyrrole nitrogens is 1. The standard InChI is InChI=1S/C30H34F3N11O/c31-30(32,33)28-41-21(15-36-20-9-23(45)10-20)11-25(42-28)40-19-2-7-43(8-3-19)22-12-29(13-22,4-5-34)44-16-18(14-39-44)26-24-1-6-35-27(24)38-17-37-26/h1,6,11,14,16-17,19-20,22-23,36,45H,2-4,7-10,12-13,15H2,(H,35,37,38)(H,40,41,42)/t20-,22-,23-,29+. The van der Waals surface area contributed by atoms with Gasteiger partial charge in [-0.15, -0.1) is 0 Å². The Kier molecular flexibility index (Phi) is 7.66. The Labute approximate surface area is 257 Å². The van der Waals surface area contributed by atoms with Crippen LogP contribution in [0.1, 0.15) is 56.5 Å². The fraction of sp³-hybridized carbons (Fsp3) is 0.533. The van der Waals surface area contributed by atoms with Crippen LogP contribution in [0.2, 0.25) is 0 Å². The molecular weight excluding hydrogens is 587 g/mol. The zero-order valence-corrected chi connectivity index (χ0v) is 24.5. The lowest BCUT2D eigenvalue weighted by Crippen LogP contribution is -2.58. The average molecular weight is 622 g/mol. The number of fused-ring (bicyclic) bond motifs is 1. The lowest BCUT2D eigenvalue weighted by molar-refractivity contribution is -0.145. The molecule has 45 heavy (non-hydrogen) atoms. The predicted octanol–water partition coefficient (Wildman–Crippen LogP) is 3.59. The smallest absolute Gasteiger partial charge is 0.393 e. The van der Waals surface area contributed by atoms with Crippen molar-refractivity contribution in [2.45, 2.75) is 87.4 Å². The number of nitriles is 1. The maximum atomic E-state index is 13.6. The third-order valence-corrected chi connectivity index (χ3v) is 9.45. The van der Waals surface area contributed by atoms with Gasteiger partial charge in [0.2, 0.25) is 5.82 Å². The third-order valence-electron chi connectivity index (χ3n) is 9.45. The Morgan fingerprint density at radius 1 is 1.13 bits per heavy atom. The minimum Gasteiger partial charge on any atom is -0.393 e. The molecule has 4 N–H and O–H groups in total. The van der Waals surface area contributed by atoms with Crippen LogP contribution in [-0.4, -0.2) is 82.0 Å². The van der Waals surface area contributed by atoms with Gasteiger partial charge in [-0.1, -0.05) is 0 Å². The summed E-state index contributed by atoms with van der Waals surface area (Å²) in [5.41, 5.74) is 2.28. The van der Waals surface area contributed by atoms with Crippen LogP contribution >= 0.6 is 0 Å². The lowest BCUT2D eigenvalue weighted by atomic mass is 9.69. The molecule has 15 heteroatoms. The van der Waals surface area contributed by atoms with Gasteiger partial charge in [-0.2, -0.15) is 23.5 Å². The minimum atomic E-state index is -4.65. The summed E-state index contributed by atoms with van der Waals surface area (Å²) >= 11 is 0. The maximum absolute atomic E-state index is 13.6. The first-order chi connectivity index (χ1) is 21.7. The van der Waals surface area contributed by atoms with E-state index in [-0.39, 0.29) is 36.2 Å². The van der Waals surface area contributed by atoms with Crippen molar-refractivity contribution in [3.63, 3.8) is 0 Å². The van der Waals surface area contributed by atoms with Gasteiger partial charge in [0.1, 0.15) is 17.8 Å². The molecule has 0 radical (unpaired) electrons. The molecule has 0 atom stereocenters. The molecule has 1 saturated heterocycles. The summed E-state index contributed by atoms with van der Waals surface area (Å²) < 4.78 is 42.6. The molecule has 0 unspecified atom stereocenters. The molecule has 0 spiro atoms. The minimum absolute atomic E-state index is 0.0180. The van der Waals surface area contributed by atoms with Crippen LogP contribution in [0.15, 0.2) is 37.1 Å². The van der Waals surface area contributed by atoms with Crippen molar-refractivity contribution in [2.24, 2.45) is 0 Å². The fourth-order valence-corrected chi connectivity index (χ4v) is 6.85. The summed E-state index contributed by atoms with van der Waals surface area (Å²) in [5.74, 6) is -0.981. The summed E-state index contributed by atoms with van der Waals surface area (Å²) in [6.45, 7) is 1.75. The van der Waals surface area contributed by atoms with E-state index in [1.807, 2.05) is 23.1 Å². The molecule has 12 nitrogen and oxygen atoms in total. The highest BCUT2D eigenvalue weighted by atomic mass is 19.4. The molecule has 3 aliphatic rings. The van der Waals surface area contributed by atoms with Gasteiger partial charge in [-0.25, -0.2) is 19.9 Å². The van der Waals surface area contributed by atoms with Crippen LogP contribution in [0.4, 0.5) is 19.0 Å². The second-order valence-corrected chi connectivity index (χ2v) is 12.5. The number of aromatic nitrogens is 7. The van der Waals surface area contributed by atoms with E-state index < -0.39 is 17.5 Å². The molecular formula is C30H34F3N11O. The molecule has 5 heterocycles.